The van der Waals surface area contributed by atoms with Crippen molar-refractivity contribution in [1.82, 2.24) is 4.57 Å². The highest BCUT2D eigenvalue weighted by Crippen LogP contribution is 2.11. The molecule has 0 aliphatic carbocycles. The van der Waals surface area contributed by atoms with E-state index in [1.54, 1.807) is 10.8 Å². The molecular weight excluding hydrogens is 297 g/mol. The van der Waals surface area contributed by atoms with E-state index in [-0.39, 0.29) is 11.1 Å². The fourth-order valence-corrected chi connectivity index (χ4v) is 2.23. The minimum Gasteiger partial charge on any atom is -0.365 e. The van der Waals surface area contributed by atoms with Crippen molar-refractivity contribution >= 4 is 29.1 Å². The zero-order chi connectivity index (χ0) is 14.7. The van der Waals surface area contributed by atoms with Crippen LogP contribution in [-0.2, 0) is 13.0 Å². The maximum atomic E-state index is 11.3. The molecule has 0 bridgehead atoms. The van der Waals surface area contributed by atoms with Gasteiger partial charge in [0.15, 0.2) is 0 Å². The number of carbonyl (C=O) groups is 1. The Morgan fingerprint density at radius 3 is 2.45 bits per heavy atom. The largest absolute Gasteiger partial charge is 0.365 e. The monoisotopic (exact) mass is 309 g/mol. The van der Waals surface area contributed by atoms with Crippen molar-refractivity contribution in [1.29, 1.82) is 5.41 Å². The van der Waals surface area contributed by atoms with Crippen LogP contribution in [0.2, 0.25) is 10.0 Å². The number of amides is 1. The molecule has 2 rings (SSSR count). The molecule has 2 aromatic rings. The Hall–Kier alpha value is -1.78. The number of carbonyl (C=O) groups excluding carboxylic acids is 1. The first-order valence-corrected chi connectivity index (χ1v) is 6.72. The smallest absolute Gasteiger partial charge is 0.252 e. The molecule has 6 heteroatoms. The maximum Gasteiger partial charge on any atom is 0.252 e. The van der Waals surface area contributed by atoms with Crippen molar-refractivity contribution in [2.45, 2.75) is 13.0 Å². The van der Waals surface area contributed by atoms with Gasteiger partial charge in [0.2, 0.25) is 0 Å². The van der Waals surface area contributed by atoms with E-state index < -0.39 is 5.91 Å². The topological polar surface area (TPSA) is 71.9 Å². The van der Waals surface area contributed by atoms with Crippen LogP contribution < -0.4 is 11.2 Å². The highest BCUT2D eigenvalue weighted by molar-refractivity contribution is 6.31. The molecule has 4 nitrogen and oxygen atoms in total. The number of pyridine rings is 1. The Morgan fingerprint density at radius 1 is 1.20 bits per heavy atom. The van der Waals surface area contributed by atoms with E-state index in [9.17, 15) is 4.79 Å². The van der Waals surface area contributed by atoms with Gasteiger partial charge >= 0.3 is 0 Å². The summed E-state index contributed by atoms with van der Waals surface area (Å²) in [4.78, 5) is 11.3. The number of rotatable bonds is 4. The third-order valence-electron chi connectivity index (χ3n) is 2.92. The highest BCUT2D eigenvalue weighted by atomic mass is 35.5. The normalized spacial score (nSPS) is 10.5. The van der Waals surface area contributed by atoms with Crippen LogP contribution >= 0.6 is 23.2 Å². The summed E-state index contributed by atoms with van der Waals surface area (Å²) >= 11 is 11.8. The predicted octanol–water partition coefficient (Wildman–Crippen LogP) is 2.62. The van der Waals surface area contributed by atoms with Gasteiger partial charge in [0, 0.05) is 17.8 Å². The van der Waals surface area contributed by atoms with E-state index in [0.717, 1.165) is 5.56 Å². The summed E-state index contributed by atoms with van der Waals surface area (Å²) in [6, 6.07) is 8.88. The lowest BCUT2D eigenvalue weighted by Crippen LogP contribution is -2.30. The molecule has 0 aliphatic rings. The van der Waals surface area contributed by atoms with Gasteiger partial charge in [-0.15, -0.1) is 0 Å². The van der Waals surface area contributed by atoms with E-state index in [2.05, 4.69) is 0 Å². The maximum absolute atomic E-state index is 11.3. The Morgan fingerprint density at radius 2 is 1.85 bits per heavy atom. The quantitative estimate of drug-likeness (QED) is 0.895. The molecule has 0 unspecified atom stereocenters. The molecule has 0 saturated heterocycles. The summed E-state index contributed by atoms with van der Waals surface area (Å²) < 4.78 is 1.61. The van der Waals surface area contributed by atoms with Gasteiger partial charge in [-0.3, -0.25) is 10.2 Å². The predicted molar refractivity (Wildman–Crippen MR) is 79.0 cm³/mol. The Labute approximate surface area is 126 Å². The van der Waals surface area contributed by atoms with Crippen molar-refractivity contribution in [3.8, 4) is 0 Å². The van der Waals surface area contributed by atoms with Crippen LogP contribution in [0.5, 0.6) is 0 Å². The standard InChI is InChI=1S/C14H13Cl2N3O/c15-10-3-1-9(2-4-10)5-6-19-8-11(16)7-12(13(19)17)14(18)20/h1-4,7-8,17H,5-6H2,(H2,18,20). The number of nitrogens with two attached hydrogens (primary N) is 1. The molecule has 1 aromatic heterocycles. The number of nitrogens with zero attached hydrogens (tertiary/aromatic N) is 1. The first-order valence-electron chi connectivity index (χ1n) is 5.96. The van der Waals surface area contributed by atoms with E-state index in [1.165, 1.54) is 6.07 Å². The molecule has 3 N–H and O–H groups in total. The average molecular weight is 310 g/mol. The Kier molecular flexibility index (Phi) is 4.47. The lowest BCUT2D eigenvalue weighted by Gasteiger charge is -2.10. The van der Waals surface area contributed by atoms with Gasteiger partial charge in [0.05, 0.1) is 10.6 Å². The van der Waals surface area contributed by atoms with Crippen LogP contribution in [0.15, 0.2) is 36.5 Å². The van der Waals surface area contributed by atoms with E-state index in [0.29, 0.717) is 23.0 Å². The molecule has 0 saturated carbocycles. The molecule has 0 spiro atoms. The number of halogens is 2. The number of hydrogen-bond acceptors (Lipinski definition) is 2. The number of nitrogens with one attached hydrogen (secondary N) is 1. The first kappa shape index (κ1) is 14.6. The van der Waals surface area contributed by atoms with Gasteiger partial charge in [0.1, 0.15) is 5.49 Å². The number of benzene rings is 1. The minimum atomic E-state index is -0.655. The van der Waals surface area contributed by atoms with Crippen LogP contribution in [-0.4, -0.2) is 10.5 Å². The van der Waals surface area contributed by atoms with Crippen LogP contribution in [0, 0.1) is 5.41 Å². The fraction of sp³-hybridized carbons (Fsp3) is 0.143. The Balaban J connectivity index is 2.23. The zero-order valence-corrected chi connectivity index (χ0v) is 12.1. The first-order chi connectivity index (χ1) is 9.47. The van der Waals surface area contributed by atoms with E-state index >= 15 is 0 Å². The number of hydrogen-bond donors (Lipinski definition) is 2. The number of primary amides is 1. The lowest BCUT2D eigenvalue weighted by molar-refractivity contribution is 0.0997. The third-order valence-corrected chi connectivity index (χ3v) is 3.38. The van der Waals surface area contributed by atoms with Gasteiger partial charge in [0.25, 0.3) is 5.91 Å². The number of aromatic nitrogens is 1. The third kappa shape index (κ3) is 3.40. The summed E-state index contributed by atoms with van der Waals surface area (Å²) in [6.45, 7) is 0.529. The van der Waals surface area contributed by atoms with Crippen LogP contribution in [0.1, 0.15) is 15.9 Å². The van der Waals surface area contributed by atoms with Crippen LogP contribution in [0.3, 0.4) is 0 Å². The van der Waals surface area contributed by atoms with Gasteiger partial charge in [-0.25, -0.2) is 0 Å². The Bertz CT molecular complexity index is 693. The van der Waals surface area contributed by atoms with Crippen molar-refractivity contribution in [3.05, 3.63) is 63.2 Å². The van der Waals surface area contributed by atoms with Crippen LogP contribution in [0.25, 0.3) is 0 Å². The summed E-state index contributed by atoms with van der Waals surface area (Å²) in [5.41, 5.74) is 6.50. The van der Waals surface area contributed by atoms with Gasteiger partial charge < -0.3 is 10.3 Å². The second-order valence-corrected chi connectivity index (χ2v) is 5.23. The van der Waals surface area contributed by atoms with Crippen LogP contribution in [0.4, 0.5) is 0 Å². The molecule has 1 amide bonds. The molecule has 1 heterocycles. The molecule has 0 radical (unpaired) electrons. The van der Waals surface area contributed by atoms with Gasteiger partial charge in [-0.05, 0) is 30.2 Å². The molecule has 0 aliphatic heterocycles. The highest BCUT2D eigenvalue weighted by Gasteiger charge is 2.08. The summed E-state index contributed by atoms with van der Waals surface area (Å²) in [5, 5.41) is 9.02. The van der Waals surface area contributed by atoms with Gasteiger partial charge in [-0.1, -0.05) is 35.3 Å². The molecule has 0 atom stereocenters. The average Bonchev–Trinajstić information content (AvgIpc) is 2.41. The second-order valence-electron chi connectivity index (χ2n) is 4.35. The van der Waals surface area contributed by atoms with E-state index in [1.807, 2.05) is 24.3 Å². The molecule has 0 fully saturated rings. The second kappa shape index (κ2) is 6.11. The molecule has 104 valence electrons. The van der Waals surface area contributed by atoms with Crippen molar-refractivity contribution in [2.75, 3.05) is 0 Å². The van der Waals surface area contributed by atoms with Crippen molar-refractivity contribution in [2.24, 2.45) is 5.73 Å². The zero-order valence-electron chi connectivity index (χ0n) is 10.6. The molecule has 20 heavy (non-hydrogen) atoms. The summed E-state index contributed by atoms with van der Waals surface area (Å²) in [7, 11) is 0. The number of aryl methyl sites for hydroxylation is 2. The minimum absolute atomic E-state index is 0.0656. The van der Waals surface area contributed by atoms with Crippen molar-refractivity contribution in [3.63, 3.8) is 0 Å². The van der Waals surface area contributed by atoms with Gasteiger partial charge in [-0.2, -0.15) is 0 Å². The fourth-order valence-electron chi connectivity index (χ4n) is 1.88. The summed E-state index contributed by atoms with van der Waals surface area (Å²) in [5.74, 6) is -0.655. The molecule has 1 aromatic carbocycles. The lowest BCUT2D eigenvalue weighted by atomic mass is 10.1. The SMILES string of the molecule is N=c1c(C(N)=O)cc(Cl)cn1CCc1ccc(Cl)cc1. The van der Waals surface area contributed by atoms with E-state index in [4.69, 9.17) is 34.3 Å². The summed E-state index contributed by atoms with van der Waals surface area (Å²) in [6.07, 6.45) is 2.32. The molecular formula is C14H13Cl2N3O. The van der Waals surface area contributed by atoms with Crippen molar-refractivity contribution < 1.29 is 4.79 Å².